The third-order valence-corrected chi connectivity index (χ3v) is 8.10. The molecule has 4 nitrogen and oxygen atoms in total. The van der Waals surface area contributed by atoms with Crippen molar-refractivity contribution in [2.45, 2.75) is 39.3 Å². The molecule has 6 rings (SSSR count). The number of pyridine rings is 2. The molecular weight excluding hydrogens is 536 g/mol. The van der Waals surface area contributed by atoms with Crippen LogP contribution in [-0.4, -0.2) is 0 Å². The van der Waals surface area contributed by atoms with E-state index in [1.165, 1.54) is 44.5 Å². The molecule has 0 aliphatic carbocycles. The average molecular weight is 579 g/mol. The molecule has 6 aromatic rings. The van der Waals surface area contributed by atoms with Crippen molar-refractivity contribution in [1.82, 2.24) is 0 Å². The highest BCUT2D eigenvalue weighted by atomic mass is 14.9. The largest absolute Gasteiger partial charge is 0.339 e. The average Bonchev–Trinajstić information content (AvgIpc) is 3.08. The van der Waals surface area contributed by atoms with E-state index in [9.17, 15) is 0 Å². The van der Waals surface area contributed by atoms with E-state index in [-0.39, 0.29) is 0 Å². The van der Waals surface area contributed by atoms with E-state index < -0.39 is 0 Å². The van der Waals surface area contributed by atoms with Crippen LogP contribution < -0.4 is 19.8 Å². The Morgan fingerprint density at radius 1 is 0.318 bits per heavy atom. The van der Waals surface area contributed by atoms with Crippen LogP contribution in [0.5, 0.6) is 0 Å². The Hall–Kier alpha value is -4.90. The molecule has 0 radical (unpaired) electrons. The second-order valence-corrected chi connectivity index (χ2v) is 11.5. The second-order valence-electron chi connectivity index (χ2n) is 11.5. The predicted octanol–water partition coefficient (Wildman–Crippen LogP) is 4.55. The zero-order chi connectivity index (χ0) is 29.8. The molecule has 0 amide bonds. The van der Waals surface area contributed by atoms with Gasteiger partial charge in [-0.25, -0.2) is 9.13 Å². The van der Waals surface area contributed by atoms with Gasteiger partial charge in [0.05, 0.1) is 0 Å². The highest BCUT2D eigenvalue weighted by molar-refractivity contribution is 5.61. The molecule has 0 bridgehead atoms. The van der Waals surface area contributed by atoms with Crippen molar-refractivity contribution >= 4 is 0 Å². The van der Waals surface area contributed by atoms with Crippen molar-refractivity contribution < 1.29 is 19.8 Å². The van der Waals surface area contributed by atoms with E-state index in [0.717, 1.165) is 39.3 Å². The summed E-state index contributed by atoms with van der Waals surface area (Å²) in [4.78, 5) is 0. The van der Waals surface area contributed by atoms with Gasteiger partial charge in [-0.3, -0.25) is 0 Å². The Morgan fingerprint density at radius 3 is 0.955 bits per heavy atom. The molecule has 0 aliphatic heterocycles. The fourth-order valence-corrected chi connectivity index (χ4v) is 5.53. The van der Waals surface area contributed by atoms with E-state index in [1.807, 2.05) is 0 Å². The van der Waals surface area contributed by atoms with Crippen LogP contribution in [0.2, 0.25) is 0 Å². The molecule has 0 saturated heterocycles. The van der Waals surface area contributed by atoms with Crippen molar-refractivity contribution in [3.05, 3.63) is 192 Å². The van der Waals surface area contributed by atoms with Crippen LogP contribution >= 0.6 is 0 Å². The number of hydrogen-bond acceptors (Lipinski definition) is 0. The molecule has 2 heterocycles. The van der Waals surface area contributed by atoms with E-state index in [4.69, 9.17) is 0 Å². The number of hydrogen-bond donors (Lipinski definition) is 2. The van der Waals surface area contributed by atoms with Crippen molar-refractivity contribution in [1.29, 1.82) is 0 Å². The van der Waals surface area contributed by atoms with E-state index in [1.54, 1.807) is 0 Å². The molecule has 218 valence electrons. The third-order valence-electron chi connectivity index (χ3n) is 8.10. The van der Waals surface area contributed by atoms with Gasteiger partial charge in [0.1, 0.15) is 26.2 Å². The molecule has 0 unspecified atom stereocenters. The maximum Gasteiger partial charge on any atom is 0.173 e. The first-order valence-corrected chi connectivity index (χ1v) is 15.6. The summed E-state index contributed by atoms with van der Waals surface area (Å²) in [5, 5.41) is 4.71. The van der Waals surface area contributed by atoms with Crippen molar-refractivity contribution in [2.75, 3.05) is 0 Å². The van der Waals surface area contributed by atoms with Crippen LogP contribution in [0.25, 0.3) is 11.1 Å². The molecule has 2 aromatic heterocycles. The fraction of sp³-hybridized carbons (Fsp3) is 0.150. The summed E-state index contributed by atoms with van der Waals surface area (Å²) >= 11 is 0. The summed E-state index contributed by atoms with van der Waals surface area (Å²) < 4.78 is 4.48. The monoisotopic (exact) mass is 578 g/mol. The molecule has 0 atom stereocenters. The standard InChI is InChI=1S/C40H40N4/c1-3-7-33(8-4-1)27-41-29-35-11-15-37(16-12-35)31-43-23-19-39(20-24-43)40-21-25-44(26-22-40)32-38-17-13-36(14-18-38)30-42-28-34-9-5-2-6-10-34/h1-26,41-42H,27-32H2/q+2/p+2. The fourth-order valence-electron chi connectivity index (χ4n) is 5.53. The number of rotatable bonds is 13. The minimum Gasteiger partial charge on any atom is -0.339 e. The first-order valence-electron chi connectivity index (χ1n) is 15.6. The van der Waals surface area contributed by atoms with Gasteiger partial charge in [-0.15, -0.1) is 0 Å². The van der Waals surface area contributed by atoms with Crippen molar-refractivity contribution in [3.63, 3.8) is 0 Å². The third kappa shape index (κ3) is 8.57. The lowest BCUT2D eigenvalue weighted by molar-refractivity contribution is -0.688. The minimum absolute atomic E-state index is 0.868. The molecular formula is C40H42N4+4. The lowest BCUT2D eigenvalue weighted by Gasteiger charge is -2.05. The minimum atomic E-state index is 0.868. The molecule has 0 fully saturated rings. The number of quaternary nitrogens is 2. The Morgan fingerprint density at radius 2 is 0.614 bits per heavy atom. The normalized spacial score (nSPS) is 11.0. The summed E-state index contributed by atoms with van der Waals surface area (Å²) in [7, 11) is 0. The lowest BCUT2D eigenvalue weighted by Crippen LogP contribution is -2.80. The van der Waals surface area contributed by atoms with E-state index >= 15 is 0 Å². The van der Waals surface area contributed by atoms with Crippen LogP contribution in [0.15, 0.2) is 158 Å². The van der Waals surface area contributed by atoms with Gasteiger partial charge >= 0.3 is 0 Å². The smallest absolute Gasteiger partial charge is 0.173 e. The zero-order valence-electron chi connectivity index (χ0n) is 25.3. The highest BCUT2D eigenvalue weighted by Crippen LogP contribution is 2.16. The van der Waals surface area contributed by atoms with Crippen molar-refractivity contribution in [3.8, 4) is 11.1 Å². The van der Waals surface area contributed by atoms with Crippen LogP contribution in [-0.2, 0) is 39.3 Å². The van der Waals surface area contributed by atoms with Crippen LogP contribution in [0.1, 0.15) is 33.4 Å². The molecule has 4 heteroatoms. The molecule has 4 N–H and O–H groups in total. The van der Waals surface area contributed by atoms with Crippen molar-refractivity contribution in [2.24, 2.45) is 0 Å². The number of benzene rings is 4. The highest BCUT2D eigenvalue weighted by Gasteiger charge is 2.09. The Bertz CT molecular complexity index is 1560. The van der Waals surface area contributed by atoms with Gasteiger partial charge in [-0.1, -0.05) is 109 Å². The first-order chi connectivity index (χ1) is 21.8. The predicted molar refractivity (Wildman–Crippen MR) is 175 cm³/mol. The first kappa shape index (κ1) is 29.2. The van der Waals surface area contributed by atoms with Gasteiger partial charge in [0.15, 0.2) is 37.9 Å². The number of nitrogens with zero attached hydrogens (tertiary/aromatic N) is 2. The van der Waals surface area contributed by atoms with E-state index in [2.05, 4.69) is 178 Å². The van der Waals surface area contributed by atoms with E-state index in [0.29, 0.717) is 0 Å². The van der Waals surface area contributed by atoms with Gasteiger partial charge in [0.2, 0.25) is 0 Å². The topological polar surface area (TPSA) is 41.0 Å². The number of aromatic nitrogens is 2. The quantitative estimate of drug-likeness (QED) is 0.189. The molecule has 0 spiro atoms. The summed E-state index contributed by atoms with van der Waals surface area (Å²) in [6.07, 6.45) is 8.71. The zero-order valence-corrected chi connectivity index (χ0v) is 25.3. The summed E-state index contributed by atoms with van der Waals surface area (Å²) in [5.41, 5.74) is 10.5. The van der Waals surface area contributed by atoms with Crippen LogP contribution in [0.3, 0.4) is 0 Å². The lowest BCUT2D eigenvalue weighted by atomic mass is 10.1. The Labute approximate surface area is 261 Å². The van der Waals surface area contributed by atoms with Crippen LogP contribution in [0.4, 0.5) is 0 Å². The molecule has 0 aliphatic rings. The van der Waals surface area contributed by atoms with Gasteiger partial charge in [0, 0.05) is 57.6 Å². The van der Waals surface area contributed by atoms with Gasteiger partial charge in [0.25, 0.3) is 0 Å². The maximum atomic E-state index is 2.36. The molecule has 4 aromatic carbocycles. The summed E-state index contributed by atoms with van der Waals surface area (Å²) in [6.45, 7) is 5.74. The molecule has 44 heavy (non-hydrogen) atoms. The number of nitrogens with two attached hydrogens (primary N) is 2. The second kappa shape index (κ2) is 15.0. The summed E-state index contributed by atoms with van der Waals surface area (Å²) in [6, 6.07) is 48.2. The Balaban J connectivity index is 0.960. The summed E-state index contributed by atoms with van der Waals surface area (Å²) in [5.74, 6) is 0. The Kier molecular flexibility index (Phi) is 9.96. The van der Waals surface area contributed by atoms with Gasteiger partial charge in [-0.2, -0.15) is 0 Å². The molecule has 0 saturated carbocycles. The SMILES string of the molecule is c1ccc(C[NH2+]Cc2ccc(C[n+]3ccc(-c4cc[n+](Cc5ccc(C[NH2+]Cc6ccccc6)cc5)cc4)cc3)cc2)cc1. The maximum absolute atomic E-state index is 2.36. The van der Waals surface area contributed by atoms with Crippen LogP contribution in [0, 0.1) is 0 Å². The van der Waals surface area contributed by atoms with Gasteiger partial charge < -0.3 is 10.6 Å². The van der Waals surface area contributed by atoms with Gasteiger partial charge in [-0.05, 0) is 11.1 Å².